The van der Waals surface area contributed by atoms with Crippen molar-refractivity contribution < 1.29 is 23.1 Å². The summed E-state index contributed by atoms with van der Waals surface area (Å²) in [5, 5.41) is 9.86. The van der Waals surface area contributed by atoms with Crippen LogP contribution in [0.1, 0.15) is 77.2 Å². The molecule has 1 heterocycles. The van der Waals surface area contributed by atoms with E-state index >= 15 is 0 Å². The lowest BCUT2D eigenvalue weighted by molar-refractivity contribution is -0.136. The van der Waals surface area contributed by atoms with Crippen molar-refractivity contribution in [1.29, 1.82) is 0 Å². The minimum absolute atomic E-state index is 0.0658. The van der Waals surface area contributed by atoms with Crippen molar-refractivity contribution in [1.82, 2.24) is 9.21 Å². The molecular formula is C28H42N2O5S. The number of carbonyl (C=O) groups is 1. The molecule has 1 saturated carbocycles. The molecule has 0 aromatic heterocycles. The van der Waals surface area contributed by atoms with E-state index in [-0.39, 0.29) is 41.9 Å². The Balaban J connectivity index is 1.68. The summed E-state index contributed by atoms with van der Waals surface area (Å²) in [7, 11) is -2.04. The van der Waals surface area contributed by atoms with Crippen LogP contribution in [0.3, 0.4) is 0 Å². The maximum atomic E-state index is 13.7. The second kappa shape index (κ2) is 11.7. The van der Waals surface area contributed by atoms with Crippen molar-refractivity contribution in [3.63, 3.8) is 0 Å². The Morgan fingerprint density at radius 2 is 1.94 bits per heavy atom. The summed E-state index contributed by atoms with van der Waals surface area (Å²) in [6, 6.07) is 4.82. The van der Waals surface area contributed by atoms with Crippen molar-refractivity contribution in [2.45, 2.75) is 88.7 Å². The maximum absolute atomic E-state index is 13.7. The number of ether oxygens (including phenoxy) is 1. The Hall–Kier alpha value is -1.90. The molecule has 36 heavy (non-hydrogen) atoms. The van der Waals surface area contributed by atoms with E-state index in [0.29, 0.717) is 12.3 Å². The molecule has 8 heteroatoms. The molecule has 4 rings (SSSR count). The van der Waals surface area contributed by atoms with Gasteiger partial charge in [-0.05, 0) is 68.7 Å². The summed E-state index contributed by atoms with van der Waals surface area (Å²) in [5.74, 6) is 0.378. The summed E-state index contributed by atoms with van der Waals surface area (Å²) in [6.07, 6.45) is 11.4. The van der Waals surface area contributed by atoms with Gasteiger partial charge in [-0.15, -0.1) is 0 Å². The first-order valence-corrected chi connectivity index (χ1v) is 15.0. The largest absolute Gasteiger partial charge is 0.487 e. The van der Waals surface area contributed by atoms with Crippen LogP contribution in [0.2, 0.25) is 0 Å². The second-order valence-electron chi connectivity index (χ2n) is 10.9. The van der Waals surface area contributed by atoms with Crippen LogP contribution in [-0.2, 0) is 14.8 Å². The highest BCUT2D eigenvalue weighted by Gasteiger charge is 2.39. The highest BCUT2D eigenvalue weighted by atomic mass is 32.2. The molecule has 1 amide bonds. The van der Waals surface area contributed by atoms with Gasteiger partial charge in [-0.1, -0.05) is 38.3 Å². The zero-order valence-electron chi connectivity index (χ0n) is 22.0. The van der Waals surface area contributed by atoms with Gasteiger partial charge < -0.3 is 14.7 Å². The molecule has 2 aliphatic carbocycles. The molecule has 1 aromatic rings. The average molecular weight is 519 g/mol. The van der Waals surface area contributed by atoms with Crippen molar-refractivity contribution in [3.05, 3.63) is 29.8 Å². The molecule has 0 bridgehead atoms. The van der Waals surface area contributed by atoms with Gasteiger partial charge in [-0.3, -0.25) is 4.79 Å². The number of allylic oxidation sites excluding steroid dienone is 2. The SMILES string of the molecule is C[C@H]1CN([C@@H](C)CO)S(=O)(=O)c2ccc(C3=CCCCC3)cc2O[C@@H]1CN(C)C(=O)C1CCCCC1. The number of amides is 1. The number of hydrogen-bond donors (Lipinski definition) is 1. The molecule has 0 radical (unpaired) electrons. The maximum Gasteiger partial charge on any atom is 0.247 e. The molecule has 200 valence electrons. The van der Waals surface area contributed by atoms with Crippen molar-refractivity contribution in [3.8, 4) is 5.75 Å². The number of hydrogen-bond acceptors (Lipinski definition) is 5. The molecule has 1 N–H and O–H groups in total. The minimum atomic E-state index is -3.87. The average Bonchev–Trinajstić information content (AvgIpc) is 2.90. The molecule has 0 spiro atoms. The van der Waals surface area contributed by atoms with Crippen LogP contribution in [0.4, 0.5) is 0 Å². The van der Waals surface area contributed by atoms with Crippen molar-refractivity contribution in [2.24, 2.45) is 11.8 Å². The number of sulfonamides is 1. The predicted molar refractivity (Wildman–Crippen MR) is 141 cm³/mol. The molecule has 1 fully saturated rings. The van der Waals surface area contributed by atoms with Crippen LogP contribution < -0.4 is 4.74 Å². The quantitative estimate of drug-likeness (QED) is 0.601. The Kier molecular flexibility index (Phi) is 8.79. The summed E-state index contributed by atoms with van der Waals surface area (Å²) < 4.78 is 35.3. The van der Waals surface area contributed by atoms with Gasteiger partial charge in [0.2, 0.25) is 15.9 Å². The molecule has 0 unspecified atom stereocenters. The number of aliphatic hydroxyl groups is 1. The number of aliphatic hydroxyl groups excluding tert-OH is 1. The van der Waals surface area contributed by atoms with E-state index < -0.39 is 16.1 Å². The first kappa shape index (κ1) is 27.1. The third-order valence-electron chi connectivity index (χ3n) is 8.11. The Morgan fingerprint density at radius 3 is 2.61 bits per heavy atom. The molecular weight excluding hydrogens is 476 g/mol. The molecule has 3 atom stereocenters. The normalized spacial score (nSPS) is 26.1. The lowest BCUT2D eigenvalue weighted by atomic mass is 9.88. The molecule has 0 saturated heterocycles. The van der Waals surface area contributed by atoms with Gasteiger partial charge >= 0.3 is 0 Å². The van der Waals surface area contributed by atoms with Gasteiger partial charge in [-0.2, -0.15) is 4.31 Å². The summed E-state index contributed by atoms with van der Waals surface area (Å²) >= 11 is 0. The number of rotatable bonds is 6. The fourth-order valence-electron chi connectivity index (χ4n) is 5.76. The van der Waals surface area contributed by atoms with Crippen LogP contribution >= 0.6 is 0 Å². The lowest BCUT2D eigenvalue weighted by Gasteiger charge is -2.38. The highest BCUT2D eigenvalue weighted by molar-refractivity contribution is 7.89. The Bertz CT molecular complexity index is 1060. The smallest absolute Gasteiger partial charge is 0.247 e. The van der Waals surface area contributed by atoms with Gasteiger partial charge in [0, 0.05) is 31.5 Å². The Morgan fingerprint density at radius 1 is 1.19 bits per heavy atom. The fourth-order valence-corrected chi connectivity index (χ4v) is 7.59. The van der Waals surface area contributed by atoms with Gasteiger partial charge in [0.05, 0.1) is 13.2 Å². The monoisotopic (exact) mass is 518 g/mol. The van der Waals surface area contributed by atoms with Gasteiger partial charge in [-0.25, -0.2) is 8.42 Å². The molecule has 1 aromatic carbocycles. The summed E-state index contributed by atoms with van der Waals surface area (Å²) in [4.78, 5) is 15.1. The van der Waals surface area contributed by atoms with E-state index in [1.54, 1.807) is 17.9 Å². The van der Waals surface area contributed by atoms with Crippen molar-refractivity contribution >= 4 is 21.5 Å². The number of likely N-dealkylation sites (N-methyl/N-ethyl adjacent to an activating group) is 1. The summed E-state index contributed by atoms with van der Waals surface area (Å²) in [6.45, 7) is 4.03. The van der Waals surface area contributed by atoms with Crippen LogP contribution in [0.25, 0.3) is 5.57 Å². The first-order chi connectivity index (χ1) is 17.2. The third-order valence-corrected chi connectivity index (χ3v) is 10.1. The number of nitrogens with zero attached hydrogens (tertiary/aromatic N) is 2. The molecule has 1 aliphatic heterocycles. The van der Waals surface area contributed by atoms with E-state index in [0.717, 1.165) is 50.5 Å². The van der Waals surface area contributed by atoms with Crippen LogP contribution in [0.5, 0.6) is 5.75 Å². The zero-order valence-corrected chi connectivity index (χ0v) is 22.8. The highest BCUT2D eigenvalue weighted by Crippen LogP contribution is 2.37. The van der Waals surface area contributed by atoms with Crippen molar-refractivity contribution in [2.75, 3.05) is 26.7 Å². The van der Waals surface area contributed by atoms with Gasteiger partial charge in [0.25, 0.3) is 0 Å². The van der Waals surface area contributed by atoms with E-state index in [1.165, 1.54) is 22.7 Å². The summed E-state index contributed by atoms with van der Waals surface area (Å²) in [5.41, 5.74) is 2.21. The topological polar surface area (TPSA) is 87.2 Å². The third kappa shape index (κ3) is 5.81. The van der Waals surface area contributed by atoms with Gasteiger partial charge in [0.1, 0.15) is 16.7 Å². The van der Waals surface area contributed by atoms with Crippen LogP contribution in [0, 0.1) is 11.8 Å². The van der Waals surface area contributed by atoms with E-state index in [9.17, 15) is 18.3 Å². The Labute approximate surface area is 216 Å². The van der Waals surface area contributed by atoms with E-state index in [1.807, 2.05) is 26.1 Å². The first-order valence-electron chi connectivity index (χ1n) is 13.6. The van der Waals surface area contributed by atoms with E-state index in [2.05, 4.69) is 6.08 Å². The second-order valence-corrected chi connectivity index (χ2v) is 12.8. The van der Waals surface area contributed by atoms with Crippen LogP contribution in [-0.4, -0.2) is 67.5 Å². The predicted octanol–water partition coefficient (Wildman–Crippen LogP) is 4.45. The minimum Gasteiger partial charge on any atom is -0.487 e. The van der Waals surface area contributed by atoms with Crippen LogP contribution in [0.15, 0.2) is 29.2 Å². The standard InChI is InChI=1S/C28H42N2O5S/c1-20-17-30(21(2)19-31)36(33,34)27-15-14-24(22-10-6-4-7-11-22)16-25(27)35-26(20)18-29(3)28(32)23-12-8-5-9-13-23/h10,14-16,20-21,23,26,31H,4-9,11-13,17-19H2,1-3H3/t20-,21-,26+/m0/s1. The number of fused-ring (bicyclic) bond motifs is 1. The number of benzene rings is 1. The zero-order chi connectivity index (χ0) is 25.9. The van der Waals surface area contributed by atoms with Gasteiger partial charge in [0.15, 0.2) is 0 Å². The fraction of sp³-hybridized carbons (Fsp3) is 0.679. The van der Waals surface area contributed by atoms with E-state index in [4.69, 9.17) is 4.74 Å². The lowest BCUT2D eigenvalue weighted by Crippen LogP contribution is -2.50. The molecule has 7 nitrogen and oxygen atoms in total. The number of carbonyl (C=O) groups excluding carboxylic acids is 1. The molecule has 3 aliphatic rings.